The molecule has 5 heterocycles. The van der Waals surface area contributed by atoms with Crippen LogP contribution in [-0.2, 0) is 0 Å². The minimum Gasteiger partial charge on any atom is -0.441 e. The molecule has 0 N–H and O–H groups in total. The zero-order valence-electron chi connectivity index (χ0n) is 35.7. The van der Waals surface area contributed by atoms with Crippen LogP contribution in [0.1, 0.15) is 46.1 Å². The largest absolute Gasteiger partial charge is 0.441 e. The van der Waals surface area contributed by atoms with Crippen LogP contribution in [0.5, 0.6) is 0 Å². The molecule has 0 bridgehead atoms. The van der Waals surface area contributed by atoms with Crippen molar-refractivity contribution in [2.45, 2.75) is 55.4 Å². The molecule has 310 valence electrons. The number of aryl methyl sites for hydroxylation is 8. The van der Waals surface area contributed by atoms with Crippen LogP contribution in [0.3, 0.4) is 0 Å². The van der Waals surface area contributed by atoms with Crippen molar-refractivity contribution in [2.75, 3.05) is 0 Å². The van der Waals surface area contributed by atoms with Crippen molar-refractivity contribution in [2.24, 2.45) is 0 Å². The molecule has 0 aliphatic rings. The second-order valence-electron chi connectivity index (χ2n) is 15.0. The normalized spacial score (nSPS) is 11.0. The van der Waals surface area contributed by atoms with E-state index in [9.17, 15) is 0 Å². The maximum Gasteiger partial charge on any atom is 0.192 e. The Kier molecular flexibility index (Phi) is 11.9. The lowest BCUT2D eigenvalue weighted by molar-refractivity contribution is 0.560. The molecule has 11 heteroatoms. The average Bonchev–Trinajstić information content (AvgIpc) is 4.07. The summed E-state index contributed by atoms with van der Waals surface area (Å²) in [6.07, 6.45) is 0. The van der Waals surface area contributed by atoms with E-state index >= 15 is 0 Å². The van der Waals surface area contributed by atoms with Gasteiger partial charge in [0, 0.05) is 51.1 Å². The van der Waals surface area contributed by atoms with Crippen molar-refractivity contribution in [1.82, 2.24) is 24.9 Å². The Labute approximate surface area is 362 Å². The van der Waals surface area contributed by atoms with Gasteiger partial charge in [0.1, 0.15) is 27.6 Å². The number of hydrogen-bond acceptors (Lipinski definition) is 10. The van der Waals surface area contributed by atoms with Crippen molar-refractivity contribution in [3.8, 4) is 0 Å². The molecule has 0 atom stereocenters. The summed E-state index contributed by atoms with van der Waals surface area (Å²) in [5.74, 6) is 3.56. The van der Waals surface area contributed by atoms with Gasteiger partial charge in [-0.1, -0.05) is 72.3 Å². The fraction of sp³-hybridized carbons (Fsp3) is 0.157. The molecule has 0 aliphatic carbocycles. The zero-order chi connectivity index (χ0) is 43.5. The molecule has 12 aromatic rings. The topological polar surface area (TPSA) is 130 Å². The lowest BCUT2D eigenvalue weighted by Crippen LogP contribution is -1.79. The van der Waals surface area contributed by atoms with E-state index in [0.29, 0.717) is 10.9 Å². The Balaban J connectivity index is 0.000000107. The number of benzene rings is 7. The Morgan fingerprint density at radius 3 is 1.48 bits per heavy atom. The summed E-state index contributed by atoms with van der Waals surface area (Å²) in [6, 6.07) is 40.0. The number of fused-ring (bicyclic) bond motifs is 8. The summed E-state index contributed by atoms with van der Waals surface area (Å²) in [6.45, 7) is 15.5. The van der Waals surface area contributed by atoms with Gasteiger partial charge in [-0.05, 0) is 108 Å². The van der Waals surface area contributed by atoms with Crippen LogP contribution in [0.4, 0.5) is 0 Å². The van der Waals surface area contributed by atoms with Crippen molar-refractivity contribution in [3.05, 3.63) is 172 Å². The molecule has 12 rings (SSSR count). The van der Waals surface area contributed by atoms with Crippen molar-refractivity contribution in [3.63, 3.8) is 0 Å². The van der Waals surface area contributed by atoms with Crippen LogP contribution < -0.4 is 0 Å². The quantitative estimate of drug-likeness (QED) is 0.145. The van der Waals surface area contributed by atoms with E-state index in [1.165, 1.54) is 32.8 Å². The zero-order valence-corrected chi connectivity index (χ0v) is 36.5. The average molecular weight is 842 g/mol. The smallest absolute Gasteiger partial charge is 0.192 e. The summed E-state index contributed by atoms with van der Waals surface area (Å²) >= 11 is 5.74. The number of nitrogens with zero attached hydrogens (tertiary/aromatic N) is 5. The molecule has 0 spiro atoms. The third-order valence-electron chi connectivity index (χ3n) is 9.97. The summed E-state index contributed by atoms with van der Waals surface area (Å²) in [5.41, 5.74) is 12.6. The van der Waals surface area contributed by atoms with E-state index in [-0.39, 0.29) is 0 Å². The molecule has 10 nitrogen and oxygen atoms in total. The molecule has 0 saturated heterocycles. The van der Waals surface area contributed by atoms with Crippen LogP contribution in [-0.4, -0.2) is 24.9 Å². The summed E-state index contributed by atoms with van der Waals surface area (Å²) < 4.78 is 26.9. The maximum absolute atomic E-state index is 5.74. The van der Waals surface area contributed by atoms with E-state index in [1.54, 1.807) is 12.1 Å². The minimum atomic E-state index is 0.669. The van der Waals surface area contributed by atoms with Gasteiger partial charge in [-0.2, -0.15) is 0 Å². The van der Waals surface area contributed by atoms with Gasteiger partial charge >= 0.3 is 0 Å². The van der Waals surface area contributed by atoms with Crippen molar-refractivity contribution < 1.29 is 22.1 Å². The molecule has 62 heavy (non-hydrogen) atoms. The predicted molar refractivity (Wildman–Crippen MR) is 248 cm³/mol. The fourth-order valence-corrected chi connectivity index (χ4v) is 7.12. The Morgan fingerprint density at radius 2 is 0.823 bits per heavy atom. The number of aromatic nitrogens is 5. The molecule has 7 aromatic carbocycles. The summed E-state index contributed by atoms with van der Waals surface area (Å²) in [4.78, 5) is 21.2. The van der Waals surface area contributed by atoms with E-state index in [4.69, 9.17) is 33.7 Å². The molecular weight excluding hydrogens is 798 g/mol. The third-order valence-corrected chi connectivity index (χ3v) is 10.2. The van der Waals surface area contributed by atoms with Gasteiger partial charge in [0.25, 0.3) is 0 Å². The molecular formula is C51H44ClN5O5. The second kappa shape index (κ2) is 17.7. The van der Waals surface area contributed by atoms with Crippen LogP contribution in [0.25, 0.3) is 77.0 Å². The van der Waals surface area contributed by atoms with E-state index in [0.717, 1.165) is 84.4 Å². The predicted octanol–water partition coefficient (Wildman–Crippen LogP) is 14.6. The molecule has 0 unspecified atom stereocenters. The number of halogens is 1. The Morgan fingerprint density at radius 1 is 0.355 bits per heavy atom. The summed E-state index contributed by atoms with van der Waals surface area (Å²) in [5, 5.41) is 5.42. The highest BCUT2D eigenvalue weighted by Gasteiger charge is 2.07. The van der Waals surface area contributed by atoms with E-state index < -0.39 is 0 Å². The van der Waals surface area contributed by atoms with Crippen molar-refractivity contribution in [1.29, 1.82) is 0 Å². The highest BCUT2D eigenvalue weighted by Crippen LogP contribution is 2.26. The molecule has 0 fully saturated rings. The lowest BCUT2D eigenvalue weighted by atomic mass is 10.1. The van der Waals surface area contributed by atoms with Crippen LogP contribution in [0, 0.1) is 55.4 Å². The van der Waals surface area contributed by atoms with Gasteiger partial charge in [-0.3, -0.25) is 0 Å². The van der Waals surface area contributed by atoms with Crippen molar-refractivity contribution >= 4 is 88.6 Å². The first-order chi connectivity index (χ1) is 29.8. The second-order valence-corrected chi connectivity index (χ2v) is 15.4. The maximum atomic E-state index is 5.74. The van der Waals surface area contributed by atoms with Gasteiger partial charge in [-0.15, -0.1) is 0 Å². The molecule has 0 amide bonds. The number of hydrogen-bond donors (Lipinski definition) is 0. The van der Waals surface area contributed by atoms with Gasteiger partial charge in [0.15, 0.2) is 57.4 Å². The molecule has 0 aliphatic heterocycles. The first kappa shape index (κ1) is 41.4. The first-order valence-electron chi connectivity index (χ1n) is 20.1. The SMILES string of the molecule is Cc1ccc2nc(C)oc2c1.Cc1nc2c(ccc3ccccc32)o1.Cc1nc2cc(C)c(C)cc2o1.Cc1nc2cc3ccccc3cc2o1.Cc1nc2ccc(Cl)cc2o1. The van der Waals surface area contributed by atoms with Gasteiger partial charge in [-0.25, -0.2) is 24.9 Å². The Bertz CT molecular complexity index is 3320. The monoisotopic (exact) mass is 841 g/mol. The minimum absolute atomic E-state index is 0.669. The van der Waals surface area contributed by atoms with Gasteiger partial charge in [0.05, 0.1) is 0 Å². The lowest BCUT2D eigenvalue weighted by Gasteiger charge is -1.96. The third kappa shape index (κ3) is 9.51. The molecule has 0 radical (unpaired) electrons. The Hall–Kier alpha value is -7.30. The van der Waals surface area contributed by atoms with Gasteiger partial charge in [0.2, 0.25) is 0 Å². The van der Waals surface area contributed by atoms with E-state index in [1.807, 2.05) is 108 Å². The standard InChI is InChI=1S/2C12H9NO.C10H11NO.C9H9NO.C8H6ClNO/c1-8-13-11-6-9-4-2-3-5-10(9)7-12(11)14-8;1-8-13-12-10-5-3-2-4-9(10)6-7-11(12)14-8;1-6-4-9-10(5-7(6)2)12-8(3)11-9;1-6-3-4-8-9(5-6)11-7(2)10-8;1-5-10-7-3-2-6(9)4-8(7)11-5/h2*2-7H,1H3;4-5H,1-3H3;3-5H,1-2H3;2-4H,1H3. The number of rotatable bonds is 0. The fourth-order valence-electron chi connectivity index (χ4n) is 6.96. The van der Waals surface area contributed by atoms with Crippen LogP contribution in [0.15, 0.2) is 143 Å². The van der Waals surface area contributed by atoms with E-state index in [2.05, 4.69) is 81.2 Å². The molecule has 0 saturated carbocycles. The highest BCUT2D eigenvalue weighted by molar-refractivity contribution is 6.31. The van der Waals surface area contributed by atoms with Gasteiger partial charge < -0.3 is 22.1 Å². The highest BCUT2D eigenvalue weighted by atomic mass is 35.5. The summed E-state index contributed by atoms with van der Waals surface area (Å²) in [7, 11) is 0. The van der Waals surface area contributed by atoms with Crippen LogP contribution >= 0.6 is 11.6 Å². The number of oxazole rings is 5. The van der Waals surface area contributed by atoms with Crippen LogP contribution in [0.2, 0.25) is 5.02 Å². The molecule has 5 aromatic heterocycles. The first-order valence-corrected chi connectivity index (χ1v) is 20.4.